The molecule has 4 aromatic rings. The van der Waals surface area contributed by atoms with E-state index in [9.17, 15) is 20.1 Å². The number of aromatic nitrogens is 2. The number of benzene rings is 3. The van der Waals surface area contributed by atoms with Gasteiger partial charge in [0.1, 0.15) is 11.5 Å². The van der Waals surface area contributed by atoms with Gasteiger partial charge in [-0.15, -0.1) is 12.4 Å². The Hall–Kier alpha value is -2.89. The van der Waals surface area contributed by atoms with Gasteiger partial charge in [-0.2, -0.15) is 0 Å². The van der Waals surface area contributed by atoms with Crippen molar-refractivity contribution in [1.29, 1.82) is 0 Å². The number of halogens is 1. The summed E-state index contributed by atoms with van der Waals surface area (Å²) in [4.78, 5) is 19.6. The van der Waals surface area contributed by atoms with Crippen molar-refractivity contribution in [2.45, 2.75) is 26.5 Å². The molecule has 3 aromatic carbocycles. The second-order valence-electron chi connectivity index (χ2n) is 8.63. The van der Waals surface area contributed by atoms with Gasteiger partial charge in [-0.3, -0.25) is 19.6 Å². The van der Waals surface area contributed by atoms with Crippen LogP contribution < -0.4 is 16.1 Å². The van der Waals surface area contributed by atoms with E-state index in [1.807, 2.05) is 19.9 Å². The number of rotatable bonds is 11. The van der Waals surface area contributed by atoms with Crippen LogP contribution in [0.15, 0.2) is 34.1 Å². The summed E-state index contributed by atoms with van der Waals surface area (Å²) in [7, 11) is 0. The molecule has 6 N–H and O–H groups in total. The molecule has 0 radical (unpaired) electrons. The van der Waals surface area contributed by atoms with Crippen LogP contribution in [0.5, 0.6) is 11.5 Å². The van der Waals surface area contributed by atoms with Crippen LogP contribution in [0.25, 0.3) is 32.6 Å². The normalized spacial score (nSPS) is 13.3. The van der Waals surface area contributed by atoms with Crippen molar-refractivity contribution < 1.29 is 20.4 Å². The fourth-order valence-electron chi connectivity index (χ4n) is 4.70. The van der Waals surface area contributed by atoms with E-state index in [2.05, 4.69) is 20.3 Å². The molecule has 0 aliphatic carbocycles. The molecule has 0 aliphatic heterocycles. The summed E-state index contributed by atoms with van der Waals surface area (Å²) >= 11 is 0. The van der Waals surface area contributed by atoms with Crippen molar-refractivity contribution in [3.05, 3.63) is 39.8 Å². The largest absolute Gasteiger partial charge is 0.507 e. The minimum Gasteiger partial charge on any atom is -0.507 e. The summed E-state index contributed by atoms with van der Waals surface area (Å²) in [6.45, 7) is 7.95. The Morgan fingerprint density at radius 1 is 1.06 bits per heavy atom. The van der Waals surface area contributed by atoms with Crippen LogP contribution >= 0.6 is 12.4 Å². The van der Waals surface area contributed by atoms with Gasteiger partial charge in [-0.1, -0.05) is 13.8 Å². The van der Waals surface area contributed by atoms with Crippen LogP contribution in [0.4, 0.5) is 0 Å². The number of aromatic amines is 1. The SMILES string of the molecule is CCN(CC)CC(O)Cn1[nH]c2c3c(=O)ccc(O)c3c(O)c3c(=NCCNCCO)ccc1c32.Cl. The van der Waals surface area contributed by atoms with Crippen LogP contribution in [0, 0.1) is 0 Å². The third-order valence-electron chi connectivity index (χ3n) is 6.43. The minimum absolute atomic E-state index is 0. The Morgan fingerprint density at radius 3 is 2.50 bits per heavy atom. The van der Waals surface area contributed by atoms with Gasteiger partial charge in [0.15, 0.2) is 5.43 Å². The van der Waals surface area contributed by atoms with Gasteiger partial charge in [0.05, 0.1) is 58.3 Å². The van der Waals surface area contributed by atoms with Gasteiger partial charge in [-0.25, -0.2) is 0 Å². The Labute approximate surface area is 214 Å². The van der Waals surface area contributed by atoms with Crippen LogP contribution in [0.3, 0.4) is 0 Å². The van der Waals surface area contributed by atoms with E-state index in [0.29, 0.717) is 53.3 Å². The Kier molecular flexibility index (Phi) is 9.15. The zero-order valence-electron chi connectivity index (χ0n) is 20.5. The molecule has 11 heteroatoms. The molecule has 1 heterocycles. The summed E-state index contributed by atoms with van der Waals surface area (Å²) in [5, 5.41) is 49.7. The van der Waals surface area contributed by atoms with E-state index in [-0.39, 0.29) is 53.3 Å². The maximum absolute atomic E-state index is 12.9. The Balaban J connectivity index is 0.00000361. The number of fused-ring (bicyclic) bond motifs is 2. The summed E-state index contributed by atoms with van der Waals surface area (Å²) in [5.74, 6) is -0.400. The lowest BCUT2D eigenvalue weighted by molar-refractivity contribution is 0.101. The highest BCUT2D eigenvalue weighted by molar-refractivity contribution is 6.23. The predicted molar refractivity (Wildman–Crippen MR) is 144 cm³/mol. The predicted octanol–water partition coefficient (Wildman–Crippen LogP) is 1.09. The van der Waals surface area contributed by atoms with Crippen LogP contribution in [-0.2, 0) is 6.54 Å². The number of hydrogen-bond donors (Lipinski definition) is 6. The molecule has 0 amide bonds. The number of nitrogens with one attached hydrogen (secondary N) is 2. The first-order valence-corrected chi connectivity index (χ1v) is 12.0. The smallest absolute Gasteiger partial charge is 0.189 e. The topological polar surface area (TPSA) is 146 Å². The summed E-state index contributed by atoms with van der Waals surface area (Å²) in [5.41, 5.74) is 0.865. The van der Waals surface area contributed by atoms with E-state index < -0.39 is 6.10 Å². The number of nitrogens with zero attached hydrogens (tertiary/aromatic N) is 3. The number of aromatic hydroxyl groups is 2. The van der Waals surface area contributed by atoms with Crippen molar-refractivity contribution in [3.63, 3.8) is 0 Å². The molecule has 0 fully saturated rings. The number of aliphatic hydroxyl groups is 2. The average Bonchev–Trinajstić information content (AvgIpc) is 3.20. The molecule has 1 aromatic heterocycles. The standard InChI is InChI=1S/C25H33N5O5.ClH/c1-3-29(4-2)13-15(32)14-30-17-6-5-16(27-10-9-26-11-12-31)20-21(17)24(28-30)22-18(33)7-8-19(34)23(22)25(20)35;/h5-8,15,26,28,31-32,34-35H,3-4,9-14H2,1-2H3;1H. The number of phenols is 2. The lowest BCUT2D eigenvalue weighted by Gasteiger charge is -2.22. The molecule has 196 valence electrons. The van der Waals surface area contributed by atoms with Gasteiger partial charge in [0, 0.05) is 25.0 Å². The number of aliphatic hydroxyl groups excluding tert-OH is 2. The van der Waals surface area contributed by atoms with E-state index in [1.54, 1.807) is 10.7 Å². The van der Waals surface area contributed by atoms with Gasteiger partial charge < -0.3 is 30.6 Å². The molecule has 0 bridgehead atoms. The summed E-state index contributed by atoms with van der Waals surface area (Å²) in [6.07, 6.45) is -0.659. The summed E-state index contributed by atoms with van der Waals surface area (Å²) in [6, 6.07) is 6.20. The fraction of sp³-hybridized carbons (Fsp3) is 0.440. The van der Waals surface area contributed by atoms with Crippen LogP contribution in [0.2, 0.25) is 0 Å². The molecular formula is C25H34ClN5O5. The maximum atomic E-state index is 12.9. The van der Waals surface area contributed by atoms with Crippen LogP contribution in [0.1, 0.15) is 13.8 Å². The molecule has 1 atom stereocenters. The fourth-order valence-corrected chi connectivity index (χ4v) is 4.70. The Morgan fingerprint density at radius 2 is 1.81 bits per heavy atom. The monoisotopic (exact) mass is 519 g/mol. The molecular weight excluding hydrogens is 486 g/mol. The third kappa shape index (κ3) is 5.14. The van der Waals surface area contributed by atoms with E-state index >= 15 is 0 Å². The van der Waals surface area contributed by atoms with E-state index in [0.717, 1.165) is 13.1 Å². The highest BCUT2D eigenvalue weighted by atomic mass is 35.5. The molecule has 36 heavy (non-hydrogen) atoms. The highest BCUT2D eigenvalue weighted by Gasteiger charge is 2.23. The molecule has 0 saturated heterocycles. The molecule has 4 rings (SSSR count). The lowest BCUT2D eigenvalue weighted by atomic mass is 9.99. The second kappa shape index (κ2) is 11.9. The average molecular weight is 520 g/mol. The zero-order valence-corrected chi connectivity index (χ0v) is 21.3. The van der Waals surface area contributed by atoms with E-state index in [1.165, 1.54) is 12.1 Å². The molecule has 0 saturated carbocycles. The highest BCUT2D eigenvalue weighted by Crippen LogP contribution is 2.41. The number of hydrogen-bond acceptors (Lipinski definition) is 8. The second-order valence-corrected chi connectivity index (χ2v) is 8.63. The molecule has 10 nitrogen and oxygen atoms in total. The van der Waals surface area contributed by atoms with Gasteiger partial charge in [0.25, 0.3) is 0 Å². The van der Waals surface area contributed by atoms with Gasteiger partial charge in [0.2, 0.25) is 0 Å². The quantitative estimate of drug-likeness (QED) is 0.128. The van der Waals surface area contributed by atoms with Crippen molar-refractivity contribution >= 4 is 45.0 Å². The van der Waals surface area contributed by atoms with Crippen molar-refractivity contribution in [2.75, 3.05) is 45.9 Å². The first kappa shape index (κ1) is 27.7. The minimum atomic E-state index is -0.659. The van der Waals surface area contributed by atoms with Crippen molar-refractivity contribution in [2.24, 2.45) is 4.99 Å². The maximum Gasteiger partial charge on any atom is 0.189 e. The lowest BCUT2D eigenvalue weighted by Crippen LogP contribution is -2.34. The molecule has 0 aliphatic rings. The summed E-state index contributed by atoms with van der Waals surface area (Å²) < 4.78 is 1.78. The number of H-pyrrole nitrogens is 1. The van der Waals surface area contributed by atoms with Crippen LogP contribution in [-0.4, -0.2) is 87.1 Å². The zero-order chi connectivity index (χ0) is 25.1. The first-order chi connectivity index (χ1) is 16.9. The molecule has 0 spiro atoms. The van der Waals surface area contributed by atoms with Crippen molar-refractivity contribution in [1.82, 2.24) is 20.0 Å². The number of likely N-dealkylation sites (N-methyl/N-ethyl adjacent to an activating group) is 1. The van der Waals surface area contributed by atoms with Gasteiger partial charge >= 0.3 is 0 Å². The first-order valence-electron chi connectivity index (χ1n) is 12.0. The molecule has 1 unspecified atom stereocenters. The third-order valence-corrected chi connectivity index (χ3v) is 6.43. The van der Waals surface area contributed by atoms with E-state index in [4.69, 9.17) is 5.11 Å². The number of phenolic OH excluding ortho intramolecular Hbond substituents is 2. The Bertz CT molecular complexity index is 1450. The van der Waals surface area contributed by atoms with Crippen molar-refractivity contribution in [3.8, 4) is 11.5 Å². The van der Waals surface area contributed by atoms with Gasteiger partial charge in [-0.05, 0) is 37.4 Å².